The predicted octanol–water partition coefficient (Wildman–Crippen LogP) is -0.518. The van der Waals surface area contributed by atoms with Crippen molar-refractivity contribution in [3.05, 3.63) is 0 Å². The molecule has 0 aromatic carbocycles. The number of primary amides is 1. The molecule has 0 spiro atoms. The van der Waals surface area contributed by atoms with Gasteiger partial charge in [-0.25, -0.2) is 4.79 Å². The fourth-order valence-electron chi connectivity index (χ4n) is 1.83. The number of nitrogens with one attached hydrogen (secondary N) is 1. The molecular formula is C9H13F3N2O4. The summed E-state index contributed by atoms with van der Waals surface area (Å²) < 4.78 is 37.1. The second kappa shape index (κ2) is 5.53. The first-order chi connectivity index (χ1) is 8.21. The average Bonchev–Trinajstić information content (AvgIpc) is 2.74. The van der Waals surface area contributed by atoms with Crippen molar-refractivity contribution in [3.63, 3.8) is 0 Å². The molecule has 3 unspecified atom stereocenters. The Morgan fingerprint density at radius 2 is 1.89 bits per heavy atom. The number of aliphatic carboxylic acids is 1. The van der Waals surface area contributed by atoms with Gasteiger partial charge in [-0.05, 0) is 6.42 Å². The van der Waals surface area contributed by atoms with Crippen LogP contribution in [0.1, 0.15) is 6.42 Å². The molecule has 0 bridgehead atoms. The molecule has 2 aliphatic rings. The second-order valence-corrected chi connectivity index (χ2v) is 4.02. The number of hydrogen-bond donors (Lipinski definition) is 3. The van der Waals surface area contributed by atoms with Crippen LogP contribution in [0.3, 0.4) is 0 Å². The molecule has 0 aromatic rings. The maximum Gasteiger partial charge on any atom is 0.490 e. The number of nitrogens with two attached hydrogens (primary N) is 1. The van der Waals surface area contributed by atoms with E-state index in [9.17, 15) is 18.0 Å². The summed E-state index contributed by atoms with van der Waals surface area (Å²) in [6.07, 6.45) is -4.38. The highest BCUT2D eigenvalue weighted by Gasteiger charge is 2.40. The smallest absolute Gasteiger partial charge is 0.475 e. The molecular weight excluding hydrogens is 257 g/mol. The van der Waals surface area contributed by atoms with Crippen molar-refractivity contribution in [1.29, 1.82) is 0 Å². The van der Waals surface area contributed by atoms with Crippen molar-refractivity contribution in [2.45, 2.75) is 24.8 Å². The van der Waals surface area contributed by atoms with Crippen molar-refractivity contribution >= 4 is 11.9 Å². The van der Waals surface area contributed by atoms with Gasteiger partial charge < -0.3 is 20.9 Å². The molecule has 0 aromatic heterocycles. The van der Waals surface area contributed by atoms with Crippen LogP contribution in [0.5, 0.6) is 0 Å². The Morgan fingerprint density at radius 1 is 1.33 bits per heavy atom. The van der Waals surface area contributed by atoms with E-state index < -0.39 is 12.1 Å². The van der Waals surface area contributed by atoms with E-state index in [2.05, 4.69) is 5.32 Å². The maximum atomic E-state index is 10.7. The van der Waals surface area contributed by atoms with Crippen molar-refractivity contribution in [1.82, 2.24) is 5.32 Å². The molecule has 2 fully saturated rings. The number of alkyl halides is 3. The van der Waals surface area contributed by atoms with Crippen LogP contribution in [0.4, 0.5) is 13.2 Å². The minimum Gasteiger partial charge on any atom is -0.475 e. The molecule has 1 amide bonds. The van der Waals surface area contributed by atoms with Crippen LogP contribution < -0.4 is 11.1 Å². The Morgan fingerprint density at radius 3 is 2.28 bits per heavy atom. The van der Waals surface area contributed by atoms with Gasteiger partial charge in [-0.3, -0.25) is 4.79 Å². The molecule has 0 radical (unpaired) electrons. The fraction of sp³-hybridized carbons (Fsp3) is 0.778. The van der Waals surface area contributed by atoms with Crippen LogP contribution in [-0.4, -0.2) is 48.5 Å². The second-order valence-electron chi connectivity index (χ2n) is 4.02. The quantitative estimate of drug-likeness (QED) is 0.595. The number of fused-ring (bicyclic) bond motifs is 1. The van der Waals surface area contributed by atoms with Crippen LogP contribution in [0, 0.1) is 5.92 Å². The van der Waals surface area contributed by atoms with E-state index in [-0.39, 0.29) is 18.1 Å². The minimum atomic E-state index is -5.08. The third kappa shape index (κ3) is 3.84. The lowest BCUT2D eigenvalue weighted by molar-refractivity contribution is -0.192. The van der Waals surface area contributed by atoms with Gasteiger partial charge >= 0.3 is 12.1 Å². The molecule has 6 nitrogen and oxygen atoms in total. The number of amides is 1. The van der Waals surface area contributed by atoms with E-state index in [1.54, 1.807) is 0 Å². The van der Waals surface area contributed by atoms with Gasteiger partial charge in [0.25, 0.3) is 0 Å². The zero-order valence-corrected chi connectivity index (χ0v) is 9.24. The minimum absolute atomic E-state index is 0.229. The molecule has 0 aliphatic carbocycles. The van der Waals surface area contributed by atoms with Crippen LogP contribution in [0.25, 0.3) is 0 Å². The van der Waals surface area contributed by atoms with Crippen LogP contribution in [-0.2, 0) is 14.3 Å². The van der Waals surface area contributed by atoms with Gasteiger partial charge in [0, 0.05) is 19.0 Å². The summed E-state index contributed by atoms with van der Waals surface area (Å²) in [4.78, 5) is 19.6. The summed E-state index contributed by atoms with van der Waals surface area (Å²) in [5.74, 6) is -2.57. The van der Waals surface area contributed by atoms with Crippen molar-refractivity contribution in [2.24, 2.45) is 11.7 Å². The number of rotatable bonds is 1. The predicted molar refractivity (Wildman–Crippen MR) is 52.5 cm³/mol. The van der Waals surface area contributed by atoms with E-state index in [0.29, 0.717) is 5.92 Å². The molecule has 2 saturated heterocycles. The third-order valence-corrected chi connectivity index (χ3v) is 2.69. The maximum absolute atomic E-state index is 10.7. The third-order valence-electron chi connectivity index (χ3n) is 2.69. The Bertz CT molecular complexity index is 322. The molecule has 3 atom stereocenters. The first-order valence-electron chi connectivity index (χ1n) is 5.17. The average molecular weight is 270 g/mol. The lowest BCUT2D eigenvalue weighted by Gasteiger charge is -2.07. The molecule has 2 aliphatic heterocycles. The van der Waals surface area contributed by atoms with Gasteiger partial charge in [-0.15, -0.1) is 0 Å². The number of ether oxygens (including phenoxy) is 1. The summed E-state index contributed by atoms with van der Waals surface area (Å²) in [6, 6.07) is 0. The Hall–Kier alpha value is -1.35. The first-order valence-corrected chi connectivity index (χ1v) is 5.17. The number of carbonyl (C=O) groups is 2. The molecule has 4 N–H and O–H groups in total. The summed E-state index contributed by atoms with van der Waals surface area (Å²) in [6.45, 7) is 1.84. The van der Waals surface area contributed by atoms with Gasteiger partial charge in [0.2, 0.25) is 5.91 Å². The SMILES string of the molecule is NC(=O)C1CC2CNCC2O1.O=C(O)C(F)(F)F. The molecule has 0 saturated carbocycles. The van der Waals surface area contributed by atoms with E-state index in [1.807, 2.05) is 0 Å². The van der Waals surface area contributed by atoms with Crippen LogP contribution >= 0.6 is 0 Å². The normalized spacial score (nSPS) is 30.3. The van der Waals surface area contributed by atoms with Gasteiger partial charge in [0.05, 0.1) is 6.10 Å². The van der Waals surface area contributed by atoms with Crippen molar-refractivity contribution in [3.8, 4) is 0 Å². The number of carbonyl (C=O) groups excluding carboxylic acids is 1. The standard InChI is InChI=1S/C7H12N2O2.C2HF3O2/c8-7(10)5-1-4-2-9-3-6(4)11-5;3-2(4,5)1(6)7/h4-6,9H,1-3H2,(H2,8,10);(H,6,7). The van der Waals surface area contributed by atoms with Crippen molar-refractivity contribution < 1.29 is 32.6 Å². The molecule has 2 heterocycles. The van der Waals surface area contributed by atoms with E-state index in [4.69, 9.17) is 20.4 Å². The van der Waals surface area contributed by atoms with Crippen molar-refractivity contribution in [2.75, 3.05) is 13.1 Å². The Labute approximate surface area is 100 Å². The first kappa shape index (κ1) is 14.7. The van der Waals surface area contributed by atoms with Gasteiger partial charge in [-0.2, -0.15) is 13.2 Å². The summed E-state index contributed by atoms with van der Waals surface area (Å²) in [7, 11) is 0. The Balaban J connectivity index is 0.000000203. The highest BCUT2D eigenvalue weighted by molar-refractivity contribution is 5.79. The topological polar surface area (TPSA) is 102 Å². The van der Waals surface area contributed by atoms with Crippen LogP contribution in [0.2, 0.25) is 0 Å². The molecule has 2 rings (SSSR count). The lowest BCUT2D eigenvalue weighted by atomic mass is 10.0. The highest BCUT2D eigenvalue weighted by Crippen LogP contribution is 2.28. The highest BCUT2D eigenvalue weighted by atomic mass is 19.4. The number of hydrogen-bond acceptors (Lipinski definition) is 4. The van der Waals surface area contributed by atoms with Gasteiger partial charge in [-0.1, -0.05) is 0 Å². The van der Waals surface area contributed by atoms with E-state index in [0.717, 1.165) is 19.5 Å². The number of halogens is 3. The van der Waals surface area contributed by atoms with Gasteiger partial charge in [0.15, 0.2) is 0 Å². The molecule has 9 heteroatoms. The lowest BCUT2D eigenvalue weighted by Crippen LogP contribution is -2.30. The fourth-order valence-corrected chi connectivity index (χ4v) is 1.83. The van der Waals surface area contributed by atoms with Crippen LogP contribution in [0.15, 0.2) is 0 Å². The number of carboxylic acid groups (broad SMARTS) is 1. The summed E-state index contributed by atoms with van der Waals surface area (Å²) in [5.41, 5.74) is 5.12. The van der Waals surface area contributed by atoms with Gasteiger partial charge in [0.1, 0.15) is 6.10 Å². The van der Waals surface area contributed by atoms with E-state index >= 15 is 0 Å². The summed E-state index contributed by atoms with van der Waals surface area (Å²) >= 11 is 0. The van der Waals surface area contributed by atoms with E-state index in [1.165, 1.54) is 0 Å². The molecule has 104 valence electrons. The Kier molecular flexibility index (Phi) is 4.52. The monoisotopic (exact) mass is 270 g/mol. The number of carboxylic acids is 1. The molecule has 18 heavy (non-hydrogen) atoms. The zero-order chi connectivity index (χ0) is 13.9. The largest absolute Gasteiger partial charge is 0.490 e. The summed E-state index contributed by atoms with van der Waals surface area (Å²) in [5, 5.41) is 10.3. The zero-order valence-electron chi connectivity index (χ0n) is 9.24.